The van der Waals surface area contributed by atoms with Crippen molar-refractivity contribution in [3.8, 4) is 12.3 Å². The minimum atomic E-state index is -1.17. The van der Waals surface area contributed by atoms with Crippen LogP contribution in [0.3, 0.4) is 0 Å². The molecule has 0 bridgehead atoms. The Kier molecular flexibility index (Phi) is 6.97. The van der Waals surface area contributed by atoms with Crippen molar-refractivity contribution >= 4 is 11.9 Å². The van der Waals surface area contributed by atoms with Crippen molar-refractivity contribution in [1.29, 1.82) is 0 Å². The van der Waals surface area contributed by atoms with E-state index in [-0.39, 0.29) is 26.1 Å². The van der Waals surface area contributed by atoms with Crippen LogP contribution in [0, 0.1) is 12.3 Å². The minimum absolute atomic E-state index is 0.0176. The number of terminal acetylenes is 1. The standard InChI is InChI=1S/C9H14N2O4/c1-2-4-10-6-8(13)11-7(3-5-12)9(14)15/h1,7,10,12H,3-6H2,(H,11,13)(H,14,15)/t7-/m1/s1. The Bertz CT molecular complexity index is 259. The molecule has 0 fully saturated rings. The van der Waals surface area contributed by atoms with Gasteiger partial charge in [-0.15, -0.1) is 6.42 Å². The van der Waals surface area contributed by atoms with Gasteiger partial charge in [0, 0.05) is 13.0 Å². The molecule has 1 atom stereocenters. The van der Waals surface area contributed by atoms with E-state index in [0.29, 0.717) is 0 Å². The zero-order valence-electron chi connectivity index (χ0n) is 8.19. The molecule has 6 nitrogen and oxygen atoms in total. The molecule has 0 aromatic carbocycles. The highest BCUT2D eigenvalue weighted by Gasteiger charge is 2.18. The largest absolute Gasteiger partial charge is 0.480 e. The van der Waals surface area contributed by atoms with Gasteiger partial charge in [-0.1, -0.05) is 5.92 Å². The lowest BCUT2D eigenvalue weighted by molar-refractivity contribution is -0.142. The van der Waals surface area contributed by atoms with Gasteiger partial charge in [0.2, 0.25) is 5.91 Å². The zero-order chi connectivity index (χ0) is 11.7. The summed E-state index contributed by atoms with van der Waals surface area (Å²) in [5, 5.41) is 22.1. The fourth-order valence-electron chi connectivity index (χ4n) is 0.880. The van der Waals surface area contributed by atoms with E-state index in [0.717, 1.165) is 0 Å². The quantitative estimate of drug-likeness (QED) is 0.295. The van der Waals surface area contributed by atoms with E-state index in [1.165, 1.54) is 0 Å². The van der Waals surface area contributed by atoms with Gasteiger partial charge in [-0.05, 0) is 0 Å². The first-order chi connectivity index (χ1) is 7.11. The summed E-state index contributed by atoms with van der Waals surface area (Å²) in [6, 6.07) is -1.06. The molecule has 6 heteroatoms. The van der Waals surface area contributed by atoms with Crippen LogP contribution >= 0.6 is 0 Å². The topological polar surface area (TPSA) is 98.7 Å². The molecule has 84 valence electrons. The maximum absolute atomic E-state index is 11.1. The molecule has 0 radical (unpaired) electrons. The third-order valence-corrected chi connectivity index (χ3v) is 1.56. The number of aliphatic carboxylic acids is 1. The molecular weight excluding hydrogens is 200 g/mol. The molecule has 0 rings (SSSR count). The highest BCUT2D eigenvalue weighted by molar-refractivity contribution is 5.84. The number of aliphatic hydroxyl groups is 1. The third kappa shape index (κ3) is 6.49. The van der Waals surface area contributed by atoms with Crippen molar-refractivity contribution in [1.82, 2.24) is 10.6 Å². The Morgan fingerprint density at radius 2 is 2.13 bits per heavy atom. The van der Waals surface area contributed by atoms with E-state index >= 15 is 0 Å². The van der Waals surface area contributed by atoms with Gasteiger partial charge >= 0.3 is 5.97 Å². The molecule has 0 spiro atoms. The minimum Gasteiger partial charge on any atom is -0.480 e. The average Bonchev–Trinajstić information content (AvgIpc) is 2.17. The molecule has 0 heterocycles. The SMILES string of the molecule is C#CCNCC(=O)N[C@H](CCO)C(=O)O. The van der Waals surface area contributed by atoms with Gasteiger partial charge in [0.15, 0.2) is 0 Å². The number of rotatable bonds is 7. The van der Waals surface area contributed by atoms with Crippen molar-refractivity contribution in [2.75, 3.05) is 19.7 Å². The molecule has 4 N–H and O–H groups in total. The summed E-state index contributed by atoms with van der Waals surface area (Å²) in [4.78, 5) is 21.7. The van der Waals surface area contributed by atoms with Crippen molar-refractivity contribution in [2.45, 2.75) is 12.5 Å². The molecular formula is C9H14N2O4. The van der Waals surface area contributed by atoms with Crippen LogP contribution in [0.4, 0.5) is 0 Å². The van der Waals surface area contributed by atoms with Crippen LogP contribution < -0.4 is 10.6 Å². The number of hydrogen-bond donors (Lipinski definition) is 4. The average molecular weight is 214 g/mol. The monoisotopic (exact) mass is 214 g/mol. The number of amides is 1. The lowest BCUT2D eigenvalue weighted by Crippen LogP contribution is -2.45. The van der Waals surface area contributed by atoms with Gasteiger partial charge in [0.25, 0.3) is 0 Å². The molecule has 0 aromatic rings. The van der Waals surface area contributed by atoms with Gasteiger partial charge < -0.3 is 15.5 Å². The molecule has 1 amide bonds. The summed E-state index contributed by atoms with van der Waals surface area (Å²) < 4.78 is 0. The maximum Gasteiger partial charge on any atom is 0.326 e. The number of nitrogens with one attached hydrogen (secondary N) is 2. The highest BCUT2D eigenvalue weighted by Crippen LogP contribution is 1.90. The number of carboxylic acids is 1. The highest BCUT2D eigenvalue weighted by atomic mass is 16.4. The van der Waals surface area contributed by atoms with Crippen LogP contribution in [0.15, 0.2) is 0 Å². The molecule has 0 saturated heterocycles. The predicted octanol–water partition coefficient (Wildman–Crippen LogP) is -1.84. The number of hydrogen-bond acceptors (Lipinski definition) is 4. The second-order valence-electron chi connectivity index (χ2n) is 2.78. The predicted molar refractivity (Wildman–Crippen MR) is 53.0 cm³/mol. The summed E-state index contributed by atoms with van der Waals surface area (Å²) in [5.41, 5.74) is 0. The van der Waals surface area contributed by atoms with E-state index < -0.39 is 17.9 Å². The fraction of sp³-hybridized carbons (Fsp3) is 0.556. The smallest absolute Gasteiger partial charge is 0.326 e. The Balaban J connectivity index is 3.90. The van der Waals surface area contributed by atoms with Gasteiger partial charge in [-0.3, -0.25) is 10.1 Å². The van der Waals surface area contributed by atoms with Crippen molar-refractivity contribution < 1.29 is 19.8 Å². The molecule has 0 aromatic heterocycles. The third-order valence-electron chi connectivity index (χ3n) is 1.56. The lowest BCUT2D eigenvalue weighted by Gasteiger charge is -2.12. The van der Waals surface area contributed by atoms with Crippen LogP contribution in [-0.2, 0) is 9.59 Å². The number of carboxylic acid groups (broad SMARTS) is 1. The van der Waals surface area contributed by atoms with E-state index in [4.69, 9.17) is 16.6 Å². The van der Waals surface area contributed by atoms with Crippen LogP contribution in [0.2, 0.25) is 0 Å². The van der Waals surface area contributed by atoms with E-state index in [1.54, 1.807) is 0 Å². The number of carbonyl (C=O) groups excluding carboxylic acids is 1. The molecule has 15 heavy (non-hydrogen) atoms. The summed E-state index contributed by atoms with van der Waals surface area (Å²) in [5.74, 6) is 0.638. The molecule has 0 aliphatic rings. The number of aliphatic hydroxyl groups excluding tert-OH is 1. The van der Waals surface area contributed by atoms with E-state index in [2.05, 4.69) is 16.6 Å². The Labute approximate surface area is 87.7 Å². The van der Waals surface area contributed by atoms with Crippen molar-refractivity contribution in [3.63, 3.8) is 0 Å². The normalized spacial score (nSPS) is 11.5. The second kappa shape index (κ2) is 7.79. The van der Waals surface area contributed by atoms with Crippen LogP contribution in [0.1, 0.15) is 6.42 Å². The Morgan fingerprint density at radius 3 is 2.60 bits per heavy atom. The second-order valence-corrected chi connectivity index (χ2v) is 2.78. The summed E-state index contributed by atoms with van der Waals surface area (Å²) in [7, 11) is 0. The van der Waals surface area contributed by atoms with Crippen LogP contribution in [0.25, 0.3) is 0 Å². The molecule has 0 aliphatic heterocycles. The van der Waals surface area contributed by atoms with Crippen LogP contribution in [-0.4, -0.2) is 47.8 Å². The Hall–Kier alpha value is -1.58. The van der Waals surface area contributed by atoms with Gasteiger partial charge in [0.1, 0.15) is 6.04 Å². The fourth-order valence-corrected chi connectivity index (χ4v) is 0.880. The number of carbonyl (C=O) groups is 2. The first kappa shape index (κ1) is 13.4. The van der Waals surface area contributed by atoms with E-state index in [9.17, 15) is 9.59 Å². The van der Waals surface area contributed by atoms with Crippen LogP contribution in [0.5, 0.6) is 0 Å². The summed E-state index contributed by atoms with van der Waals surface area (Å²) in [6.07, 6.45) is 4.92. The molecule has 0 aliphatic carbocycles. The van der Waals surface area contributed by atoms with Crippen molar-refractivity contribution in [3.05, 3.63) is 0 Å². The van der Waals surface area contributed by atoms with Gasteiger partial charge in [0.05, 0.1) is 13.1 Å². The first-order valence-corrected chi connectivity index (χ1v) is 4.39. The molecule has 0 saturated carbocycles. The first-order valence-electron chi connectivity index (χ1n) is 4.39. The lowest BCUT2D eigenvalue weighted by atomic mass is 10.2. The summed E-state index contributed by atoms with van der Waals surface area (Å²) in [6.45, 7) is -0.0976. The van der Waals surface area contributed by atoms with Crippen molar-refractivity contribution in [2.24, 2.45) is 0 Å². The van der Waals surface area contributed by atoms with Gasteiger partial charge in [-0.25, -0.2) is 4.79 Å². The maximum atomic E-state index is 11.1. The zero-order valence-corrected chi connectivity index (χ0v) is 8.19. The Morgan fingerprint density at radius 1 is 1.47 bits per heavy atom. The summed E-state index contributed by atoms with van der Waals surface area (Å²) >= 11 is 0. The molecule has 0 unspecified atom stereocenters. The van der Waals surface area contributed by atoms with Gasteiger partial charge in [-0.2, -0.15) is 0 Å². The van der Waals surface area contributed by atoms with E-state index in [1.807, 2.05) is 0 Å².